The van der Waals surface area contributed by atoms with Gasteiger partial charge in [-0.2, -0.15) is 10.5 Å². The Morgan fingerprint density at radius 2 is 2.23 bits per heavy atom. The summed E-state index contributed by atoms with van der Waals surface area (Å²) in [5.74, 6) is -0.631. The fraction of sp³-hybridized carbons (Fsp3) is 0.0909. The number of ether oxygens (including phenoxy) is 1. The van der Waals surface area contributed by atoms with Gasteiger partial charge in [-0.15, -0.1) is 23.4 Å². The lowest BCUT2D eigenvalue weighted by atomic mass is 10.2. The Balaban J connectivity index is 2.30. The van der Waals surface area contributed by atoms with E-state index in [4.69, 9.17) is 16.9 Å². The third-order valence-electron chi connectivity index (χ3n) is 2.26. The predicted molar refractivity (Wildman–Crippen MR) is 69.5 cm³/mol. The number of aromatic nitrogens is 4. The number of nitrogens with one attached hydrogen (secondary N) is 2. The van der Waals surface area contributed by atoms with Crippen LogP contribution >= 0.6 is 11.6 Å². The molecule has 2 aromatic rings. The average molecular weight is 331 g/mol. The summed E-state index contributed by atoms with van der Waals surface area (Å²) in [4.78, 5) is 0. The van der Waals surface area contributed by atoms with Gasteiger partial charge in [-0.3, -0.25) is 0 Å². The van der Waals surface area contributed by atoms with Gasteiger partial charge in [0.25, 0.3) is 0 Å². The van der Waals surface area contributed by atoms with E-state index in [0.717, 1.165) is 6.20 Å². The van der Waals surface area contributed by atoms with Gasteiger partial charge in [0.2, 0.25) is 5.82 Å². The van der Waals surface area contributed by atoms with Gasteiger partial charge in [-0.05, 0) is 17.3 Å². The van der Waals surface area contributed by atoms with Crippen molar-refractivity contribution >= 4 is 22.9 Å². The molecule has 0 saturated carbocycles. The first kappa shape index (κ1) is 15.6. The Labute approximate surface area is 126 Å². The normalized spacial score (nSPS) is 11.9. The number of anilines is 1. The van der Waals surface area contributed by atoms with Crippen LogP contribution < -0.4 is 10.1 Å². The summed E-state index contributed by atoms with van der Waals surface area (Å²) in [5.41, 5.74) is -0.132. The molecule has 0 aliphatic carbocycles. The molecule has 1 aromatic carbocycles. The molecule has 0 fully saturated rings. The van der Waals surface area contributed by atoms with Crippen LogP contribution in [0.4, 0.5) is 18.9 Å². The Hall–Kier alpha value is -2.80. The first-order valence-electron chi connectivity index (χ1n) is 5.55. The molecule has 2 rings (SSSR count). The molecule has 2 N–H and O–H groups in total. The van der Waals surface area contributed by atoms with Crippen LogP contribution in [0, 0.1) is 11.3 Å². The number of nitriles is 1. The molecular weight excluding hydrogens is 325 g/mol. The molecule has 0 aliphatic heterocycles. The Bertz CT molecular complexity index is 722. The molecule has 11 heteroatoms. The van der Waals surface area contributed by atoms with Gasteiger partial charge in [0.1, 0.15) is 11.6 Å². The molecule has 1 heterocycles. The first-order valence-corrected chi connectivity index (χ1v) is 5.93. The molecule has 0 atom stereocenters. The van der Waals surface area contributed by atoms with E-state index in [0.29, 0.717) is 0 Å². The van der Waals surface area contributed by atoms with Gasteiger partial charge >= 0.3 is 6.36 Å². The number of nitrogens with zero attached hydrogens (tertiary/aromatic N) is 4. The van der Waals surface area contributed by atoms with Crippen LogP contribution in [0.2, 0.25) is 5.02 Å². The quantitative estimate of drug-likeness (QED) is 0.836. The fourth-order valence-corrected chi connectivity index (χ4v) is 1.63. The molecule has 0 aliphatic rings. The zero-order valence-corrected chi connectivity index (χ0v) is 11.3. The molecule has 7 nitrogen and oxygen atoms in total. The molecular formula is C11H6ClF3N6O. The van der Waals surface area contributed by atoms with Crippen LogP contribution in [0.15, 0.2) is 24.4 Å². The molecule has 0 spiro atoms. The number of hydrogen-bond donors (Lipinski definition) is 2. The van der Waals surface area contributed by atoms with Crippen molar-refractivity contribution in [2.75, 3.05) is 5.32 Å². The summed E-state index contributed by atoms with van der Waals surface area (Å²) in [6.07, 6.45) is -3.80. The molecule has 0 radical (unpaired) electrons. The van der Waals surface area contributed by atoms with Crippen LogP contribution in [-0.2, 0) is 0 Å². The lowest BCUT2D eigenvalue weighted by Gasteiger charge is -2.14. The maximum Gasteiger partial charge on any atom is 0.573 e. The zero-order valence-electron chi connectivity index (χ0n) is 10.5. The summed E-state index contributed by atoms with van der Waals surface area (Å²) in [6.45, 7) is 0. The van der Waals surface area contributed by atoms with E-state index in [1.807, 2.05) is 0 Å². The van der Waals surface area contributed by atoms with Crippen molar-refractivity contribution < 1.29 is 17.9 Å². The van der Waals surface area contributed by atoms with E-state index in [9.17, 15) is 13.2 Å². The summed E-state index contributed by atoms with van der Waals surface area (Å²) < 4.78 is 41.0. The van der Waals surface area contributed by atoms with Crippen LogP contribution in [0.1, 0.15) is 5.82 Å². The summed E-state index contributed by atoms with van der Waals surface area (Å²) >= 11 is 5.69. The highest BCUT2D eigenvalue weighted by Crippen LogP contribution is 2.37. The Kier molecular flexibility index (Phi) is 4.47. The van der Waals surface area contributed by atoms with Crippen LogP contribution in [0.5, 0.6) is 5.75 Å². The molecule has 0 saturated heterocycles. The minimum absolute atomic E-state index is 0.0182. The van der Waals surface area contributed by atoms with Crippen molar-refractivity contribution in [3.8, 4) is 11.8 Å². The van der Waals surface area contributed by atoms with Gasteiger partial charge in [0.15, 0.2) is 5.75 Å². The number of H-pyrrole nitrogens is 1. The molecule has 114 valence electrons. The van der Waals surface area contributed by atoms with Crippen molar-refractivity contribution in [1.29, 1.82) is 5.26 Å². The monoisotopic (exact) mass is 330 g/mol. The number of alkyl halides is 3. The van der Waals surface area contributed by atoms with Gasteiger partial charge < -0.3 is 10.1 Å². The number of rotatable bonds is 4. The second-order valence-corrected chi connectivity index (χ2v) is 4.12. The van der Waals surface area contributed by atoms with Crippen LogP contribution in [-0.4, -0.2) is 27.0 Å². The molecule has 0 unspecified atom stereocenters. The van der Waals surface area contributed by atoms with Crippen LogP contribution in [0.3, 0.4) is 0 Å². The van der Waals surface area contributed by atoms with E-state index in [2.05, 4.69) is 30.7 Å². The highest BCUT2D eigenvalue weighted by Gasteiger charge is 2.33. The van der Waals surface area contributed by atoms with E-state index in [1.165, 1.54) is 18.2 Å². The van der Waals surface area contributed by atoms with Crippen molar-refractivity contribution in [1.82, 2.24) is 20.6 Å². The smallest absolute Gasteiger partial charge is 0.402 e. The fourth-order valence-electron chi connectivity index (χ4n) is 1.41. The average Bonchev–Trinajstić information content (AvgIpc) is 2.96. The number of halogens is 4. The Morgan fingerprint density at radius 1 is 1.45 bits per heavy atom. The van der Waals surface area contributed by atoms with Gasteiger partial charge in [0.05, 0.1) is 10.7 Å². The predicted octanol–water partition coefficient (Wildman–Crippen LogP) is 2.73. The summed E-state index contributed by atoms with van der Waals surface area (Å²) in [6, 6.07) is 5.73. The van der Waals surface area contributed by atoms with Crippen molar-refractivity contribution in [2.24, 2.45) is 0 Å². The minimum atomic E-state index is -4.91. The van der Waals surface area contributed by atoms with Crippen molar-refractivity contribution in [3.05, 3.63) is 35.2 Å². The lowest BCUT2D eigenvalue weighted by Crippen LogP contribution is -2.18. The molecule has 0 bridgehead atoms. The third kappa shape index (κ3) is 3.86. The van der Waals surface area contributed by atoms with E-state index in [1.54, 1.807) is 6.07 Å². The number of para-hydroxylation sites is 1. The molecule has 1 aromatic heterocycles. The summed E-state index contributed by atoms with van der Waals surface area (Å²) in [7, 11) is 0. The highest BCUT2D eigenvalue weighted by atomic mass is 35.5. The standard InChI is InChI=1S/C11H6ClF3N6O/c12-7-2-1-3-8(9(7)22-11(13,14)15)17-5-6(4-16)10-18-20-21-19-10/h1-3,5,17H,(H,18,19,20,21). The lowest BCUT2D eigenvalue weighted by molar-refractivity contribution is -0.274. The first-order chi connectivity index (χ1) is 10.4. The van der Waals surface area contributed by atoms with Crippen molar-refractivity contribution in [2.45, 2.75) is 6.36 Å². The topological polar surface area (TPSA) is 99.5 Å². The van der Waals surface area contributed by atoms with Gasteiger partial charge in [-0.25, -0.2) is 0 Å². The van der Waals surface area contributed by atoms with E-state index < -0.39 is 12.1 Å². The second-order valence-electron chi connectivity index (χ2n) is 3.71. The van der Waals surface area contributed by atoms with E-state index in [-0.39, 0.29) is 22.1 Å². The SMILES string of the molecule is N#CC(=CNc1cccc(Cl)c1OC(F)(F)F)c1nn[nH]n1. The minimum Gasteiger partial charge on any atom is -0.402 e. The molecule has 22 heavy (non-hydrogen) atoms. The van der Waals surface area contributed by atoms with Gasteiger partial charge in [-0.1, -0.05) is 17.7 Å². The van der Waals surface area contributed by atoms with E-state index >= 15 is 0 Å². The number of hydrogen-bond acceptors (Lipinski definition) is 6. The maximum atomic E-state index is 12.4. The zero-order chi connectivity index (χ0) is 16.2. The summed E-state index contributed by atoms with van der Waals surface area (Å²) in [5, 5.41) is 23.8. The second kappa shape index (κ2) is 6.31. The van der Waals surface area contributed by atoms with Crippen LogP contribution in [0.25, 0.3) is 5.57 Å². The maximum absolute atomic E-state index is 12.4. The molecule has 0 amide bonds. The number of tetrazole rings is 1. The van der Waals surface area contributed by atoms with Gasteiger partial charge in [0, 0.05) is 6.20 Å². The largest absolute Gasteiger partial charge is 0.573 e. The number of allylic oxidation sites excluding steroid dienone is 1. The number of aromatic amines is 1. The van der Waals surface area contributed by atoms with Crippen molar-refractivity contribution in [3.63, 3.8) is 0 Å². The highest BCUT2D eigenvalue weighted by molar-refractivity contribution is 6.32. The Morgan fingerprint density at radius 3 is 2.82 bits per heavy atom. The third-order valence-corrected chi connectivity index (χ3v) is 2.56. The number of benzene rings is 1.